The first kappa shape index (κ1) is 20.0. The van der Waals surface area contributed by atoms with Gasteiger partial charge in [-0.15, -0.1) is 0 Å². The first-order chi connectivity index (χ1) is 12.8. The molecule has 9 heteroatoms. The highest BCUT2D eigenvalue weighted by Crippen LogP contribution is 2.16. The van der Waals surface area contributed by atoms with E-state index >= 15 is 0 Å². The van der Waals surface area contributed by atoms with Gasteiger partial charge >= 0.3 is 5.97 Å². The fraction of sp³-hybridized carbons (Fsp3) is 0.111. The molecule has 0 unspecified atom stereocenters. The highest BCUT2D eigenvalue weighted by Gasteiger charge is 2.20. The van der Waals surface area contributed by atoms with Gasteiger partial charge < -0.3 is 15.4 Å². The van der Waals surface area contributed by atoms with Gasteiger partial charge in [0.15, 0.2) is 23.3 Å². The fourth-order valence-electron chi connectivity index (χ4n) is 1.94. The minimum absolute atomic E-state index is 0.0280. The van der Waals surface area contributed by atoms with Crippen LogP contribution in [0.2, 0.25) is 0 Å². The zero-order valence-electron chi connectivity index (χ0n) is 14.0. The molecular formula is C18H14F4N2O3. The minimum atomic E-state index is -1.19. The number of esters is 1. The first-order valence-corrected chi connectivity index (χ1v) is 7.67. The summed E-state index contributed by atoms with van der Waals surface area (Å²) in [4.78, 5) is 24.3. The van der Waals surface area contributed by atoms with E-state index in [0.717, 1.165) is 36.5 Å². The summed E-state index contributed by atoms with van der Waals surface area (Å²) in [5, 5.41) is 4.69. The lowest BCUT2D eigenvalue weighted by Gasteiger charge is -2.10. The van der Waals surface area contributed by atoms with E-state index in [2.05, 4.69) is 10.6 Å². The van der Waals surface area contributed by atoms with Crippen molar-refractivity contribution in [3.8, 4) is 0 Å². The standard InChI is InChI=1S/C18H14F4N2O3/c1-2-27-18(26)12(9-23-10-3-5-13(19)15(21)7-10)17(25)24-11-4-6-14(20)16(22)8-11/h3-9,23H,2H2,1H3,(H,24,25)/b12-9+. The van der Waals surface area contributed by atoms with Crippen LogP contribution < -0.4 is 10.6 Å². The summed E-state index contributed by atoms with van der Waals surface area (Å²) in [6.45, 7) is 1.49. The third kappa shape index (κ3) is 5.30. The SMILES string of the molecule is CCOC(=O)/C(=C/Nc1ccc(F)c(F)c1)C(=O)Nc1ccc(F)c(F)c1. The molecule has 0 bridgehead atoms. The lowest BCUT2D eigenvalue weighted by atomic mass is 10.2. The van der Waals surface area contributed by atoms with Gasteiger partial charge in [-0.25, -0.2) is 22.4 Å². The van der Waals surface area contributed by atoms with Gasteiger partial charge in [0.2, 0.25) is 0 Å². The van der Waals surface area contributed by atoms with Crippen LogP contribution in [0.4, 0.5) is 28.9 Å². The number of halogens is 4. The van der Waals surface area contributed by atoms with Crippen molar-refractivity contribution in [3.05, 3.63) is 71.4 Å². The number of benzene rings is 2. The number of hydrogen-bond acceptors (Lipinski definition) is 4. The van der Waals surface area contributed by atoms with Gasteiger partial charge in [-0.2, -0.15) is 0 Å². The molecule has 0 radical (unpaired) electrons. The summed E-state index contributed by atoms with van der Waals surface area (Å²) in [6.07, 6.45) is 0.930. The van der Waals surface area contributed by atoms with Crippen LogP contribution in [0.25, 0.3) is 0 Å². The Hall–Kier alpha value is -3.36. The molecule has 0 spiro atoms. The Labute approximate surface area is 151 Å². The van der Waals surface area contributed by atoms with E-state index in [9.17, 15) is 27.2 Å². The van der Waals surface area contributed by atoms with Crippen LogP contribution in [-0.2, 0) is 14.3 Å². The molecule has 0 fully saturated rings. The summed E-state index contributed by atoms with van der Waals surface area (Å²) in [6, 6.07) is 5.50. The molecule has 1 amide bonds. The van der Waals surface area contributed by atoms with Crippen LogP contribution in [0.3, 0.4) is 0 Å². The lowest BCUT2D eigenvalue weighted by molar-refractivity contribution is -0.139. The fourth-order valence-corrected chi connectivity index (χ4v) is 1.94. The predicted octanol–water partition coefficient (Wildman–Crippen LogP) is 3.74. The van der Waals surface area contributed by atoms with Gasteiger partial charge in [0.25, 0.3) is 5.91 Å². The molecule has 0 saturated carbocycles. The summed E-state index contributed by atoms with van der Waals surface area (Å²) in [7, 11) is 0. The summed E-state index contributed by atoms with van der Waals surface area (Å²) in [5.74, 6) is -6.46. The number of anilines is 2. The van der Waals surface area contributed by atoms with E-state index in [-0.39, 0.29) is 18.0 Å². The molecule has 0 heterocycles. The molecule has 27 heavy (non-hydrogen) atoms. The van der Waals surface area contributed by atoms with E-state index in [1.54, 1.807) is 0 Å². The van der Waals surface area contributed by atoms with E-state index in [0.29, 0.717) is 0 Å². The number of hydrogen-bond donors (Lipinski definition) is 2. The Morgan fingerprint density at radius 3 is 2.04 bits per heavy atom. The van der Waals surface area contributed by atoms with Gasteiger partial charge in [-0.05, 0) is 31.2 Å². The quantitative estimate of drug-likeness (QED) is 0.263. The van der Waals surface area contributed by atoms with Gasteiger partial charge in [-0.3, -0.25) is 4.79 Å². The second kappa shape index (κ2) is 8.84. The second-order valence-electron chi connectivity index (χ2n) is 5.13. The van der Waals surface area contributed by atoms with Crippen molar-refractivity contribution in [3.63, 3.8) is 0 Å². The first-order valence-electron chi connectivity index (χ1n) is 7.67. The molecule has 2 rings (SSSR count). The van der Waals surface area contributed by atoms with Gasteiger partial charge in [0.05, 0.1) is 6.61 Å². The van der Waals surface area contributed by atoms with Crippen LogP contribution in [-0.4, -0.2) is 18.5 Å². The van der Waals surface area contributed by atoms with Crippen molar-refractivity contribution in [2.45, 2.75) is 6.92 Å². The molecule has 0 aliphatic carbocycles. The number of carbonyl (C=O) groups is 2. The average Bonchev–Trinajstić information content (AvgIpc) is 2.61. The van der Waals surface area contributed by atoms with Crippen molar-refractivity contribution in [2.75, 3.05) is 17.2 Å². The van der Waals surface area contributed by atoms with Crippen molar-refractivity contribution in [1.29, 1.82) is 0 Å². The largest absolute Gasteiger partial charge is 0.462 e. The summed E-state index contributed by atoms with van der Waals surface area (Å²) in [5.41, 5.74) is -0.551. The Morgan fingerprint density at radius 1 is 0.926 bits per heavy atom. The van der Waals surface area contributed by atoms with Crippen molar-refractivity contribution < 1.29 is 31.9 Å². The molecule has 2 aromatic carbocycles. The van der Waals surface area contributed by atoms with Crippen LogP contribution in [0.5, 0.6) is 0 Å². The number of ether oxygens (including phenoxy) is 1. The average molecular weight is 382 g/mol. The predicted molar refractivity (Wildman–Crippen MR) is 89.7 cm³/mol. The van der Waals surface area contributed by atoms with Gasteiger partial charge in [0.1, 0.15) is 5.57 Å². The molecule has 0 aromatic heterocycles. The Morgan fingerprint density at radius 2 is 1.48 bits per heavy atom. The van der Waals surface area contributed by atoms with Crippen LogP contribution >= 0.6 is 0 Å². The van der Waals surface area contributed by atoms with Crippen LogP contribution in [0, 0.1) is 23.3 Å². The molecule has 0 atom stereocenters. The van der Waals surface area contributed by atoms with Crippen LogP contribution in [0.15, 0.2) is 48.2 Å². The minimum Gasteiger partial charge on any atom is -0.462 e. The number of nitrogens with one attached hydrogen (secondary N) is 2. The van der Waals surface area contributed by atoms with Gasteiger partial charge in [-0.1, -0.05) is 0 Å². The Balaban J connectivity index is 2.23. The second-order valence-corrected chi connectivity index (χ2v) is 5.13. The molecule has 2 N–H and O–H groups in total. The Kier molecular flexibility index (Phi) is 6.53. The molecular weight excluding hydrogens is 368 g/mol. The number of carbonyl (C=O) groups excluding carboxylic acids is 2. The topological polar surface area (TPSA) is 67.4 Å². The maximum Gasteiger partial charge on any atom is 0.345 e. The highest BCUT2D eigenvalue weighted by molar-refractivity contribution is 6.21. The molecule has 5 nitrogen and oxygen atoms in total. The molecule has 2 aromatic rings. The monoisotopic (exact) mass is 382 g/mol. The molecule has 0 aliphatic rings. The normalized spacial score (nSPS) is 11.1. The summed E-state index contributed by atoms with van der Waals surface area (Å²) < 4.78 is 57.1. The van der Waals surface area contributed by atoms with E-state index in [4.69, 9.17) is 4.74 Å². The molecule has 0 aliphatic heterocycles. The van der Waals surface area contributed by atoms with Crippen LogP contribution in [0.1, 0.15) is 6.92 Å². The van der Waals surface area contributed by atoms with E-state index < -0.39 is 40.7 Å². The zero-order chi connectivity index (χ0) is 20.0. The highest BCUT2D eigenvalue weighted by atomic mass is 19.2. The summed E-state index contributed by atoms with van der Waals surface area (Å²) >= 11 is 0. The van der Waals surface area contributed by atoms with Crippen molar-refractivity contribution in [2.24, 2.45) is 0 Å². The zero-order valence-corrected chi connectivity index (χ0v) is 14.0. The third-order valence-electron chi connectivity index (χ3n) is 3.22. The van der Waals surface area contributed by atoms with Gasteiger partial charge in [0, 0.05) is 29.7 Å². The van der Waals surface area contributed by atoms with E-state index in [1.807, 2.05) is 0 Å². The van der Waals surface area contributed by atoms with E-state index in [1.165, 1.54) is 13.0 Å². The maximum atomic E-state index is 13.2. The Bertz CT molecular complexity index is 900. The third-order valence-corrected chi connectivity index (χ3v) is 3.22. The van der Waals surface area contributed by atoms with Crippen molar-refractivity contribution >= 4 is 23.3 Å². The lowest BCUT2D eigenvalue weighted by Crippen LogP contribution is -2.23. The molecule has 142 valence electrons. The van der Waals surface area contributed by atoms with Crippen molar-refractivity contribution in [1.82, 2.24) is 0 Å². The maximum absolute atomic E-state index is 13.2. The smallest absolute Gasteiger partial charge is 0.345 e. The number of amides is 1. The number of rotatable bonds is 6. The molecule has 0 saturated heterocycles.